The number of carboxylic acids is 1. The van der Waals surface area contributed by atoms with Crippen LogP contribution in [0.5, 0.6) is 0 Å². The largest absolute Gasteiger partial charge is 0.481 e. The van der Waals surface area contributed by atoms with E-state index in [0.29, 0.717) is 30.2 Å². The number of benzene rings is 1. The quantitative estimate of drug-likeness (QED) is 0.572. The van der Waals surface area contributed by atoms with Crippen molar-refractivity contribution in [3.63, 3.8) is 0 Å². The van der Waals surface area contributed by atoms with E-state index in [0.717, 1.165) is 5.56 Å². The Balaban J connectivity index is 1.59. The average molecular weight is 399 g/mol. The van der Waals surface area contributed by atoms with Gasteiger partial charge in [-0.2, -0.15) is 11.3 Å². The summed E-state index contributed by atoms with van der Waals surface area (Å²) < 4.78 is 5.56. The Morgan fingerprint density at radius 3 is 2.64 bits per heavy atom. The van der Waals surface area contributed by atoms with E-state index in [-0.39, 0.29) is 18.9 Å². The lowest BCUT2D eigenvalue weighted by molar-refractivity contribution is -0.144. The van der Waals surface area contributed by atoms with Crippen LogP contribution in [0.4, 0.5) is 0 Å². The summed E-state index contributed by atoms with van der Waals surface area (Å²) in [6, 6.07) is 10.9. The van der Waals surface area contributed by atoms with Gasteiger partial charge in [0.25, 0.3) is 0 Å². The van der Waals surface area contributed by atoms with Crippen molar-refractivity contribution >= 4 is 23.2 Å². The number of rotatable bonds is 9. The maximum atomic E-state index is 12.3. The Bertz CT molecular complexity index is 924. The number of thiophene rings is 1. The highest BCUT2D eigenvalue weighted by atomic mass is 32.1. The molecule has 2 aromatic heterocycles. The van der Waals surface area contributed by atoms with Gasteiger partial charge >= 0.3 is 5.97 Å². The fourth-order valence-corrected chi connectivity index (χ4v) is 3.58. The molecule has 0 fully saturated rings. The molecular weight excluding hydrogens is 378 g/mol. The third kappa shape index (κ3) is 4.28. The van der Waals surface area contributed by atoms with Gasteiger partial charge in [-0.15, -0.1) is 10.2 Å². The van der Waals surface area contributed by atoms with E-state index in [1.807, 2.05) is 22.9 Å². The molecule has 1 amide bonds. The van der Waals surface area contributed by atoms with Crippen molar-refractivity contribution in [3.8, 4) is 11.5 Å². The van der Waals surface area contributed by atoms with E-state index >= 15 is 0 Å². The summed E-state index contributed by atoms with van der Waals surface area (Å²) in [7, 11) is 0. The predicted molar refractivity (Wildman–Crippen MR) is 105 cm³/mol. The van der Waals surface area contributed by atoms with Crippen LogP contribution in [0.3, 0.4) is 0 Å². The number of hydrogen-bond donors (Lipinski definition) is 2. The fourth-order valence-electron chi connectivity index (χ4n) is 2.95. The van der Waals surface area contributed by atoms with Crippen LogP contribution in [-0.2, 0) is 21.4 Å². The molecule has 3 aromatic rings. The number of aromatic nitrogens is 2. The van der Waals surface area contributed by atoms with Crippen LogP contribution < -0.4 is 5.32 Å². The van der Waals surface area contributed by atoms with E-state index < -0.39 is 11.4 Å². The number of carbonyl (C=O) groups is 2. The molecule has 146 valence electrons. The predicted octanol–water partition coefficient (Wildman–Crippen LogP) is 3.28. The maximum Gasteiger partial charge on any atom is 0.315 e. The second kappa shape index (κ2) is 8.79. The van der Waals surface area contributed by atoms with E-state index in [4.69, 9.17) is 4.42 Å². The summed E-state index contributed by atoms with van der Waals surface area (Å²) in [5.74, 6) is -0.417. The molecule has 28 heavy (non-hydrogen) atoms. The molecule has 8 heteroatoms. The SMILES string of the molecule is CCC(CNC(=O)CCc1nnc(-c2ccsc2)o1)(C(=O)O)c1ccccc1. The van der Waals surface area contributed by atoms with Gasteiger partial charge in [0.15, 0.2) is 0 Å². The van der Waals surface area contributed by atoms with Crippen LogP contribution in [0, 0.1) is 0 Å². The van der Waals surface area contributed by atoms with Crippen molar-refractivity contribution in [2.24, 2.45) is 0 Å². The minimum absolute atomic E-state index is 0.0195. The molecule has 1 atom stereocenters. The number of amides is 1. The molecule has 0 radical (unpaired) electrons. The molecule has 0 aliphatic carbocycles. The number of aryl methyl sites for hydroxylation is 1. The van der Waals surface area contributed by atoms with Gasteiger partial charge < -0.3 is 14.8 Å². The number of carboxylic acid groups (broad SMARTS) is 1. The first-order chi connectivity index (χ1) is 13.5. The Hall–Kier alpha value is -3.00. The molecule has 7 nitrogen and oxygen atoms in total. The number of nitrogens with zero attached hydrogens (tertiary/aromatic N) is 2. The molecule has 0 saturated heterocycles. The summed E-state index contributed by atoms with van der Waals surface area (Å²) in [4.78, 5) is 24.3. The zero-order valence-electron chi connectivity index (χ0n) is 15.4. The number of hydrogen-bond acceptors (Lipinski definition) is 6. The highest BCUT2D eigenvalue weighted by Crippen LogP contribution is 2.28. The van der Waals surface area contributed by atoms with Crippen molar-refractivity contribution in [1.29, 1.82) is 0 Å². The lowest BCUT2D eigenvalue weighted by Crippen LogP contribution is -2.46. The van der Waals surface area contributed by atoms with Gasteiger partial charge in [-0.3, -0.25) is 9.59 Å². The second-order valence-corrected chi connectivity index (χ2v) is 7.18. The topological polar surface area (TPSA) is 105 Å². The Labute approximate surface area is 166 Å². The van der Waals surface area contributed by atoms with Crippen LogP contribution in [0.25, 0.3) is 11.5 Å². The number of carbonyl (C=O) groups excluding carboxylic acids is 1. The van der Waals surface area contributed by atoms with Crippen molar-refractivity contribution in [2.45, 2.75) is 31.6 Å². The van der Waals surface area contributed by atoms with Crippen molar-refractivity contribution < 1.29 is 19.1 Å². The Morgan fingerprint density at radius 2 is 2.00 bits per heavy atom. The second-order valence-electron chi connectivity index (χ2n) is 6.40. The summed E-state index contributed by atoms with van der Waals surface area (Å²) in [6.45, 7) is 1.82. The summed E-state index contributed by atoms with van der Waals surface area (Å²) in [5.41, 5.74) is 0.362. The lowest BCUT2D eigenvalue weighted by Gasteiger charge is -2.29. The van der Waals surface area contributed by atoms with Gasteiger partial charge in [0.2, 0.25) is 17.7 Å². The van der Waals surface area contributed by atoms with Gasteiger partial charge in [-0.25, -0.2) is 0 Å². The number of aliphatic carboxylic acids is 1. The Kier molecular flexibility index (Phi) is 6.20. The van der Waals surface area contributed by atoms with Crippen LogP contribution in [-0.4, -0.2) is 33.7 Å². The molecule has 2 heterocycles. The minimum atomic E-state index is -1.16. The van der Waals surface area contributed by atoms with Crippen LogP contribution in [0.1, 0.15) is 31.2 Å². The van der Waals surface area contributed by atoms with Gasteiger partial charge in [-0.05, 0) is 23.4 Å². The lowest BCUT2D eigenvalue weighted by atomic mass is 9.78. The third-order valence-corrected chi connectivity index (χ3v) is 5.41. The minimum Gasteiger partial charge on any atom is -0.481 e. The molecule has 2 N–H and O–H groups in total. The maximum absolute atomic E-state index is 12.3. The van der Waals surface area contributed by atoms with Crippen LogP contribution >= 0.6 is 11.3 Å². The van der Waals surface area contributed by atoms with E-state index in [1.54, 1.807) is 31.2 Å². The van der Waals surface area contributed by atoms with Gasteiger partial charge in [0.05, 0.1) is 0 Å². The molecule has 0 aliphatic heterocycles. The zero-order valence-corrected chi connectivity index (χ0v) is 16.2. The van der Waals surface area contributed by atoms with Gasteiger partial charge in [-0.1, -0.05) is 37.3 Å². The summed E-state index contributed by atoms with van der Waals surface area (Å²) in [5, 5.41) is 24.3. The standard InChI is InChI=1S/C20H21N3O4S/c1-2-20(19(25)26,15-6-4-3-5-7-15)13-21-16(24)8-9-17-22-23-18(27-17)14-10-11-28-12-14/h3-7,10-12H,2,8-9,13H2,1H3,(H,21,24)(H,25,26). The van der Waals surface area contributed by atoms with E-state index in [2.05, 4.69) is 15.5 Å². The molecule has 0 spiro atoms. The molecule has 0 bridgehead atoms. The highest BCUT2D eigenvalue weighted by molar-refractivity contribution is 7.08. The monoisotopic (exact) mass is 399 g/mol. The molecule has 0 aliphatic rings. The highest BCUT2D eigenvalue weighted by Gasteiger charge is 2.38. The molecular formula is C20H21N3O4S. The fraction of sp³-hybridized carbons (Fsp3) is 0.300. The summed E-state index contributed by atoms with van der Waals surface area (Å²) >= 11 is 1.53. The number of nitrogens with one attached hydrogen (secondary N) is 1. The molecule has 3 rings (SSSR count). The molecule has 0 saturated carbocycles. The van der Waals surface area contributed by atoms with Crippen LogP contribution in [0.2, 0.25) is 0 Å². The zero-order chi connectivity index (χ0) is 20.0. The van der Waals surface area contributed by atoms with Crippen molar-refractivity contribution in [1.82, 2.24) is 15.5 Å². The average Bonchev–Trinajstić information content (AvgIpc) is 3.39. The normalized spacial score (nSPS) is 13.0. The first kappa shape index (κ1) is 19.8. The third-order valence-electron chi connectivity index (χ3n) is 4.73. The smallest absolute Gasteiger partial charge is 0.315 e. The summed E-state index contributed by atoms with van der Waals surface area (Å²) in [6.07, 6.45) is 0.792. The van der Waals surface area contributed by atoms with E-state index in [1.165, 1.54) is 11.3 Å². The van der Waals surface area contributed by atoms with Gasteiger partial charge in [0, 0.05) is 30.3 Å². The van der Waals surface area contributed by atoms with Gasteiger partial charge in [0.1, 0.15) is 5.41 Å². The van der Waals surface area contributed by atoms with Crippen molar-refractivity contribution in [2.75, 3.05) is 6.54 Å². The van der Waals surface area contributed by atoms with Crippen molar-refractivity contribution in [3.05, 3.63) is 58.6 Å². The van der Waals surface area contributed by atoms with E-state index in [9.17, 15) is 14.7 Å². The Morgan fingerprint density at radius 1 is 1.21 bits per heavy atom. The molecule has 1 unspecified atom stereocenters. The van der Waals surface area contributed by atoms with Crippen LogP contribution in [0.15, 0.2) is 51.6 Å². The first-order valence-corrected chi connectivity index (χ1v) is 9.90. The molecule has 1 aromatic carbocycles. The first-order valence-electron chi connectivity index (χ1n) is 8.95.